The highest BCUT2D eigenvalue weighted by atomic mass is 35.5. The molecule has 0 fully saturated rings. The van der Waals surface area contributed by atoms with Gasteiger partial charge in [0.15, 0.2) is 0 Å². The SMILES string of the molecule is CCCCOCCOc1ccc(C#CCCCl)c(F)c1. The van der Waals surface area contributed by atoms with E-state index in [0.717, 1.165) is 19.4 Å². The predicted molar refractivity (Wildman–Crippen MR) is 79.8 cm³/mol. The first-order valence-electron chi connectivity index (χ1n) is 6.83. The lowest BCUT2D eigenvalue weighted by Gasteiger charge is -2.07. The van der Waals surface area contributed by atoms with Gasteiger partial charge in [0, 0.05) is 25.0 Å². The summed E-state index contributed by atoms with van der Waals surface area (Å²) in [6, 6.07) is 4.67. The lowest BCUT2D eigenvalue weighted by Crippen LogP contribution is -2.07. The van der Waals surface area contributed by atoms with E-state index in [1.165, 1.54) is 6.07 Å². The molecule has 0 N–H and O–H groups in total. The van der Waals surface area contributed by atoms with Crippen molar-refractivity contribution in [3.63, 3.8) is 0 Å². The van der Waals surface area contributed by atoms with Crippen molar-refractivity contribution < 1.29 is 13.9 Å². The van der Waals surface area contributed by atoms with Crippen LogP contribution in [0.15, 0.2) is 18.2 Å². The van der Waals surface area contributed by atoms with Crippen molar-refractivity contribution >= 4 is 11.6 Å². The fourth-order valence-corrected chi connectivity index (χ4v) is 1.55. The van der Waals surface area contributed by atoms with E-state index in [4.69, 9.17) is 21.1 Å². The summed E-state index contributed by atoms with van der Waals surface area (Å²) in [5.74, 6) is 6.11. The Balaban J connectivity index is 2.38. The predicted octanol–water partition coefficient (Wildman–Crippen LogP) is 4.00. The van der Waals surface area contributed by atoms with Gasteiger partial charge in [-0.2, -0.15) is 0 Å². The van der Waals surface area contributed by atoms with Crippen molar-refractivity contribution in [2.24, 2.45) is 0 Å². The van der Waals surface area contributed by atoms with Crippen LogP contribution in [-0.4, -0.2) is 25.7 Å². The Hall–Kier alpha value is -1.24. The molecule has 0 atom stereocenters. The van der Waals surface area contributed by atoms with Gasteiger partial charge in [-0.15, -0.1) is 11.6 Å². The first kappa shape index (κ1) is 16.8. The maximum atomic E-state index is 13.7. The molecule has 1 aromatic carbocycles. The molecule has 4 heteroatoms. The maximum absolute atomic E-state index is 13.7. The third-order valence-electron chi connectivity index (χ3n) is 2.52. The first-order valence-corrected chi connectivity index (χ1v) is 7.36. The quantitative estimate of drug-likeness (QED) is 0.410. The van der Waals surface area contributed by atoms with Crippen molar-refractivity contribution in [1.82, 2.24) is 0 Å². The smallest absolute Gasteiger partial charge is 0.142 e. The molecule has 0 aliphatic rings. The second-order valence-electron chi connectivity index (χ2n) is 4.20. The number of hydrogen-bond acceptors (Lipinski definition) is 2. The molecule has 0 aliphatic carbocycles. The van der Waals surface area contributed by atoms with E-state index in [0.29, 0.717) is 36.8 Å². The minimum absolute atomic E-state index is 0.363. The zero-order valence-corrected chi connectivity index (χ0v) is 12.5. The lowest BCUT2D eigenvalue weighted by atomic mass is 10.2. The van der Waals surface area contributed by atoms with Gasteiger partial charge < -0.3 is 9.47 Å². The molecule has 0 saturated carbocycles. The van der Waals surface area contributed by atoms with E-state index < -0.39 is 0 Å². The molecule has 0 aliphatic heterocycles. The van der Waals surface area contributed by atoms with Crippen molar-refractivity contribution in [3.8, 4) is 17.6 Å². The number of hydrogen-bond donors (Lipinski definition) is 0. The Morgan fingerprint density at radius 1 is 1.25 bits per heavy atom. The molecular formula is C16H20ClFO2. The van der Waals surface area contributed by atoms with Crippen LogP contribution >= 0.6 is 11.6 Å². The van der Waals surface area contributed by atoms with E-state index in [1.807, 2.05) is 0 Å². The molecule has 0 unspecified atom stereocenters. The summed E-state index contributed by atoms with van der Waals surface area (Å²) in [5, 5.41) is 0. The lowest BCUT2D eigenvalue weighted by molar-refractivity contribution is 0.0979. The third-order valence-corrected chi connectivity index (χ3v) is 2.71. The molecule has 0 radical (unpaired) electrons. The van der Waals surface area contributed by atoms with Gasteiger partial charge in [0.1, 0.15) is 18.2 Å². The number of halogens is 2. The maximum Gasteiger partial charge on any atom is 0.142 e. The van der Waals surface area contributed by atoms with Gasteiger partial charge >= 0.3 is 0 Å². The molecule has 1 aromatic rings. The van der Waals surface area contributed by atoms with E-state index in [1.54, 1.807) is 12.1 Å². The molecule has 0 spiro atoms. The molecule has 0 aromatic heterocycles. The van der Waals surface area contributed by atoms with Gasteiger partial charge in [-0.05, 0) is 18.6 Å². The highest BCUT2D eigenvalue weighted by Crippen LogP contribution is 2.16. The molecule has 0 heterocycles. The van der Waals surface area contributed by atoms with Gasteiger partial charge in [-0.3, -0.25) is 0 Å². The Bertz CT molecular complexity index is 452. The number of unbranched alkanes of at least 4 members (excludes halogenated alkanes) is 1. The van der Waals surface area contributed by atoms with E-state index >= 15 is 0 Å². The largest absolute Gasteiger partial charge is 0.491 e. The normalized spacial score (nSPS) is 9.95. The van der Waals surface area contributed by atoms with Crippen LogP contribution in [0.1, 0.15) is 31.7 Å². The average molecular weight is 299 g/mol. The van der Waals surface area contributed by atoms with Crippen LogP contribution in [0.3, 0.4) is 0 Å². The van der Waals surface area contributed by atoms with Crippen molar-refractivity contribution in [3.05, 3.63) is 29.6 Å². The summed E-state index contributed by atoms with van der Waals surface area (Å²) < 4.78 is 24.5. The number of rotatable bonds is 8. The summed E-state index contributed by atoms with van der Waals surface area (Å²) in [7, 11) is 0. The van der Waals surface area contributed by atoms with Gasteiger partial charge in [0.05, 0.1) is 12.2 Å². The second kappa shape index (κ2) is 10.5. The van der Waals surface area contributed by atoms with Crippen LogP contribution in [-0.2, 0) is 4.74 Å². The Morgan fingerprint density at radius 3 is 2.80 bits per heavy atom. The van der Waals surface area contributed by atoms with Crippen molar-refractivity contribution in [2.75, 3.05) is 25.7 Å². The van der Waals surface area contributed by atoms with Crippen molar-refractivity contribution in [2.45, 2.75) is 26.2 Å². The number of ether oxygens (including phenoxy) is 2. The van der Waals surface area contributed by atoms with Gasteiger partial charge in [-0.1, -0.05) is 25.2 Å². The summed E-state index contributed by atoms with van der Waals surface area (Å²) in [6.45, 7) is 3.78. The molecular weight excluding hydrogens is 279 g/mol. The second-order valence-corrected chi connectivity index (χ2v) is 4.57. The molecule has 110 valence electrons. The van der Waals surface area contributed by atoms with E-state index in [2.05, 4.69) is 18.8 Å². The van der Waals surface area contributed by atoms with Crippen LogP contribution < -0.4 is 4.74 Å². The monoisotopic (exact) mass is 298 g/mol. The summed E-state index contributed by atoms with van der Waals surface area (Å²) in [6.07, 6.45) is 2.71. The van der Waals surface area contributed by atoms with Gasteiger partial charge in [-0.25, -0.2) is 4.39 Å². The molecule has 0 saturated heterocycles. The standard InChI is InChI=1S/C16H20ClFO2/c1-2-3-10-19-11-12-20-15-8-7-14(16(18)13-15)6-4-5-9-17/h7-8,13H,2-3,5,9-12H2,1H3. The summed E-state index contributed by atoms with van der Waals surface area (Å²) in [4.78, 5) is 0. The van der Waals surface area contributed by atoms with Crippen molar-refractivity contribution in [1.29, 1.82) is 0 Å². The molecule has 2 nitrogen and oxygen atoms in total. The fourth-order valence-electron chi connectivity index (χ4n) is 1.46. The fraction of sp³-hybridized carbons (Fsp3) is 0.500. The first-order chi connectivity index (χ1) is 9.77. The van der Waals surface area contributed by atoms with Crippen LogP contribution in [0.5, 0.6) is 5.75 Å². The average Bonchev–Trinajstić information content (AvgIpc) is 2.45. The van der Waals surface area contributed by atoms with Crippen LogP contribution in [0.4, 0.5) is 4.39 Å². The molecule has 1 rings (SSSR count). The van der Waals surface area contributed by atoms with Gasteiger partial charge in [0.25, 0.3) is 0 Å². The minimum atomic E-state index is -0.378. The number of benzene rings is 1. The third kappa shape index (κ3) is 6.79. The van der Waals surface area contributed by atoms with Crippen LogP contribution in [0.2, 0.25) is 0 Å². The Kier molecular flexibility index (Phi) is 8.86. The Morgan fingerprint density at radius 2 is 2.10 bits per heavy atom. The zero-order chi connectivity index (χ0) is 14.6. The van der Waals surface area contributed by atoms with Crippen LogP contribution in [0, 0.1) is 17.7 Å². The summed E-state index contributed by atoms with van der Waals surface area (Å²) >= 11 is 5.51. The van der Waals surface area contributed by atoms with E-state index in [-0.39, 0.29) is 5.82 Å². The Labute approximate surface area is 125 Å². The number of alkyl halides is 1. The summed E-state index contributed by atoms with van der Waals surface area (Å²) in [5.41, 5.74) is 0.363. The topological polar surface area (TPSA) is 18.5 Å². The zero-order valence-electron chi connectivity index (χ0n) is 11.8. The van der Waals surface area contributed by atoms with E-state index in [9.17, 15) is 4.39 Å². The highest BCUT2D eigenvalue weighted by Gasteiger charge is 2.02. The highest BCUT2D eigenvalue weighted by molar-refractivity contribution is 6.18. The van der Waals surface area contributed by atoms with Gasteiger partial charge in [0.2, 0.25) is 0 Å². The molecule has 0 amide bonds. The van der Waals surface area contributed by atoms with Crippen LogP contribution in [0.25, 0.3) is 0 Å². The molecule has 20 heavy (non-hydrogen) atoms. The molecule has 0 bridgehead atoms. The minimum Gasteiger partial charge on any atom is -0.491 e.